The number of ether oxygens (including phenoxy) is 7. The normalized spacial score (nSPS) is 20.5. The molecule has 0 saturated carbocycles. The number of aliphatic hydroxyl groups is 4. The molecular formula is C96H180N3O28P3. The predicted molar refractivity (Wildman–Crippen MR) is 501 cm³/mol. The third kappa shape index (κ3) is 55.6. The van der Waals surface area contributed by atoms with Crippen LogP contribution in [-0.2, 0) is 93.5 Å². The van der Waals surface area contributed by atoms with Crippen molar-refractivity contribution in [2.24, 2.45) is 5.73 Å². The van der Waals surface area contributed by atoms with Crippen molar-refractivity contribution in [3.63, 3.8) is 0 Å². The average molecular weight is 1920 g/mol. The van der Waals surface area contributed by atoms with Crippen LogP contribution in [0.25, 0.3) is 0 Å². The van der Waals surface area contributed by atoms with Crippen molar-refractivity contribution < 1.29 is 134 Å². The van der Waals surface area contributed by atoms with Gasteiger partial charge in [0.05, 0.1) is 51.1 Å². The molecule has 0 aromatic rings. The molecule has 3 aliphatic rings. The third-order valence-electron chi connectivity index (χ3n) is 24.6. The number of phosphoric acid groups is 3. The zero-order valence-corrected chi connectivity index (χ0v) is 83.6. The van der Waals surface area contributed by atoms with Crippen molar-refractivity contribution in [3.05, 3.63) is 11.6 Å². The Morgan fingerprint density at radius 1 is 0.446 bits per heavy atom. The monoisotopic (exact) mass is 1920 g/mol. The van der Waals surface area contributed by atoms with E-state index in [1.54, 1.807) is 0 Å². The molecular weight excluding hydrogens is 1740 g/mol. The van der Waals surface area contributed by atoms with Crippen LogP contribution in [0.3, 0.4) is 0 Å². The van der Waals surface area contributed by atoms with Crippen molar-refractivity contribution >= 4 is 59.2 Å². The highest BCUT2D eigenvalue weighted by atomic mass is 31.3. The first-order valence-corrected chi connectivity index (χ1v) is 56.0. The van der Waals surface area contributed by atoms with Crippen LogP contribution in [0.2, 0.25) is 0 Å². The Balaban J connectivity index is 2.35. The highest BCUT2D eigenvalue weighted by molar-refractivity contribution is 7.61. The van der Waals surface area contributed by atoms with Crippen LogP contribution in [0.5, 0.6) is 0 Å². The zero-order valence-electron chi connectivity index (χ0n) is 81.0. The van der Waals surface area contributed by atoms with Gasteiger partial charge in [-0.1, -0.05) is 375 Å². The van der Waals surface area contributed by atoms with Gasteiger partial charge in [-0.2, -0.15) is 4.31 Å². The largest absolute Gasteiger partial charge is 0.481 e. The van der Waals surface area contributed by atoms with E-state index in [9.17, 15) is 72.9 Å². The van der Waals surface area contributed by atoms with Crippen LogP contribution >= 0.6 is 23.5 Å². The van der Waals surface area contributed by atoms with E-state index in [0.29, 0.717) is 56.3 Å². The summed E-state index contributed by atoms with van der Waals surface area (Å²) in [5.74, 6) is -9.42. The van der Waals surface area contributed by atoms with Crippen molar-refractivity contribution in [3.8, 4) is 0 Å². The fraction of sp³-hybridized carbons (Fsp3) is 0.917. The molecule has 11 N–H and O–H groups in total. The lowest BCUT2D eigenvalue weighted by Crippen LogP contribution is -2.56. The highest BCUT2D eigenvalue weighted by Crippen LogP contribution is 2.62. The number of nitrogens with two attached hydrogens (primary N) is 1. The highest BCUT2D eigenvalue weighted by Gasteiger charge is 2.79. The summed E-state index contributed by atoms with van der Waals surface area (Å²) in [5.41, 5.74) is 4.73. The van der Waals surface area contributed by atoms with E-state index < -0.39 is 189 Å². The Labute approximate surface area is 781 Å². The molecule has 2 amide bonds. The van der Waals surface area contributed by atoms with Crippen LogP contribution in [0.1, 0.15) is 465 Å². The number of carbonyl (C=O) groups is 6. The first-order chi connectivity index (χ1) is 62.6. The minimum atomic E-state index is -6.08. The number of aliphatic hydroxyl groups excluding tert-OH is 4. The molecule has 6 unspecified atom stereocenters. The molecule has 3 rings (SSSR count). The van der Waals surface area contributed by atoms with Gasteiger partial charge in [0.2, 0.25) is 11.8 Å². The lowest BCUT2D eigenvalue weighted by Gasteiger charge is -2.40. The summed E-state index contributed by atoms with van der Waals surface area (Å²) in [7, 11) is -17.5. The van der Waals surface area contributed by atoms with Gasteiger partial charge in [-0.3, -0.25) is 42.7 Å². The maximum absolute atomic E-state index is 15.4. The zero-order chi connectivity index (χ0) is 95.5. The summed E-state index contributed by atoms with van der Waals surface area (Å²) >= 11 is 0. The summed E-state index contributed by atoms with van der Waals surface area (Å²) in [6.45, 7) is 9.45. The Morgan fingerprint density at radius 2 is 0.808 bits per heavy atom. The first-order valence-electron chi connectivity index (χ1n) is 51.5. The van der Waals surface area contributed by atoms with Gasteiger partial charge < -0.3 is 84.2 Å². The maximum atomic E-state index is 15.4. The van der Waals surface area contributed by atoms with Crippen molar-refractivity contribution in [2.45, 2.75) is 538 Å². The third-order valence-corrected chi connectivity index (χ3v) is 27.8. The number of phosphoric ester groups is 3. The Hall–Kier alpha value is -3.71. The number of nitrogens with zero attached hydrogens (tertiary/aromatic N) is 1. The number of hydrogen-bond donors (Lipinski definition) is 10. The number of esters is 4. The molecule has 0 bridgehead atoms. The second-order valence-corrected chi connectivity index (χ2v) is 40.9. The Bertz CT molecular complexity index is 3160. The van der Waals surface area contributed by atoms with E-state index in [0.717, 1.165) is 270 Å². The van der Waals surface area contributed by atoms with Crippen molar-refractivity contribution in [1.82, 2.24) is 10.2 Å². The predicted octanol–water partition coefficient (Wildman–Crippen LogP) is 21.2. The number of hydrogen-bond acceptors (Lipinski definition) is 25. The molecule has 34 heteroatoms. The van der Waals surface area contributed by atoms with Crippen LogP contribution in [0.4, 0.5) is 0 Å². The fourth-order valence-corrected chi connectivity index (χ4v) is 20.0. The minimum Gasteiger partial charge on any atom is -0.462 e. The van der Waals surface area contributed by atoms with Crippen LogP contribution in [0.15, 0.2) is 11.6 Å². The minimum absolute atomic E-state index is 0.0213. The second-order valence-electron chi connectivity index (χ2n) is 36.7. The molecule has 0 aromatic carbocycles. The van der Waals surface area contributed by atoms with Gasteiger partial charge in [-0.15, -0.1) is 0 Å². The fourth-order valence-electron chi connectivity index (χ4n) is 17.2. The topological polar surface area (TPSA) is 458 Å². The lowest BCUT2D eigenvalue weighted by atomic mass is 10.0. The van der Waals surface area contributed by atoms with Gasteiger partial charge in [-0.25, -0.2) is 18.2 Å². The summed E-state index contributed by atoms with van der Waals surface area (Å²) in [5, 5.41) is 49.5. The summed E-state index contributed by atoms with van der Waals surface area (Å²) in [6.07, 6.45) is 34.4. The molecule has 0 radical (unpaired) electrons. The molecule has 3 aliphatic heterocycles. The quantitative estimate of drug-likeness (QED) is 0.00889. The van der Waals surface area contributed by atoms with Gasteiger partial charge in [0.15, 0.2) is 30.5 Å². The number of nitrogens with one attached hydrogen (secondary N) is 1. The van der Waals surface area contributed by atoms with E-state index in [1.165, 1.54) is 38.5 Å². The van der Waals surface area contributed by atoms with E-state index in [2.05, 4.69) is 46.9 Å². The molecule has 0 spiro atoms. The van der Waals surface area contributed by atoms with Crippen molar-refractivity contribution in [2.75, 3.05) is 26.4 Å². The molecule has 2 saturated heterocycles. The molecule has 130 heavy (non-hydrogen) atoms. The molecule has 2 fully saturated rings. The standard InChI is InChI=1S/C96H180N3O28P3/c1-7-13-19-25-31-37-38-44-50-56-62-68-86(106)120-80(66-60-54-48-42-35-29-23-17-11-5)74-88(108)122-92-89(98-83(103)73-79(65-59-53-47-41-34-28-22-16-10-4)119-85(105)67-61-55-49-43-36-30-24-18-12-6)95(121-81(75-100)91(92)125-130(115,116)127-129(113,114)118-70-69-97)117-76-82-90(109)93(123-87(107)72-78(102)64-58-52-46-40-33-27-21-15-9-3)94-96(124-82,126-128(110,111)112)99(94)84(104)71-77(101)63-57-51-45-39-32-26-20-14-8-2/h77-82,90-94,100-102,109H,7-76,97H2,1-6H3,(H,98,103)(H,113,114)(H,115,116)(H2,110,111,112)/t77-,78-,79-,80-,81-,82?,90-,91-,92?,93?,94?,96-,99?/m1/s1. The van der Waals surface area contributed by atoms with E-state index in [4.69, 9.17) is 56.8 Å². The van der Waals surface area contributed by atoms with E-state index in [-0.39, 0.29) is 45.1 Å². The van der Waals surface area contributed by atoms with Crippen LogP contribution in [0, 0.1) is 0 Å². The SMILES string of the molecule is CCCCCCCCCCCCCC(=O)O[C@H](CCCCCCCCCCC)CC(=O)OC1C(NC(=O)C[C@@H](CCCCCCCCCCC)OC(=O)CCCCCCCCCCC)=C(OCC2O[C@@]3(OP(=O)(O)O)C(C(OC(=O)C[C@H](O)CCCCCCCCCCC)[C@@H]2O)N3C(=O)C[C@H](O)CCCCCCCCCCC)O[C@H](CO)[C@H]1OP(=O)(O)OP(=O)(O)OCCN. The molecule has 0 aromatic heterocycles. The number of unbranched alkanes of at least 4 members (excludes halogenated alkanes) is 50. The summed E-state index contributed by atoms with van der Waals surface area (Å²) in [6, 6.07) is -1.85. The van der Waals surface area contributed by atoms with E-state index in [1.807, 2.05) is 0 Å². The first kappa shape index (κ1) is 120. The van der Waals surface area contributed by atoms with Gasteiger partial charge in [-0.05, 0) is 51.4 Å². The smallest absolute Gasteiger partial charge is 0.462 e. The van der Waals surface area contributed by atoms with Crippen molar-refractivity contribution in [1.29, 1.82) is 0 Å². The molecule has 762 valence electrons. The summed E-state index contributed by atoms with van der Waals surface area (Å²) < 4.78 is 105. The average Bonchev–Trinajstić information content (AvgIpc) is 1.51. The number of carbonyl (C=O) groups excluding carboxylic acids is 6. The molecule has 3 heterocycles. The number of rotatable bonds is 88. The number of amides is 2. The summed E-state index contributed by atoms with van der Waals surface area (Å²) in [4.78, 5) is 132. The molecule has 14 atom stereocenters. The Morgan fingerprint density at radius 3 is 1.19 bits per heavy atom. The molecule has 0 aliphatic carbocycles. The maximum Gasteiger partial charge on any atom is 0.481 e. The second kappa shape index (κ2) is 73.5. The van der Waals surface area contributed by atoms with Crippen LogP contribution in [-0.4, -0.2) is 180 Å². The lowest BCUT2D eigenvalue weighted by molar-refractivity contribution is -0.254. The van der Waals surface area contributed by atoms with Gasteiger partial charge in [0, 0.05) is 19.4 Å². The van der Waals surface area contributed by atoms with Crippen LogP contribution < -0.4 is 11.1 Å². The number of fused-ring (bicyclic) bond motifs is 1. The van der Waals surface area contributed by atoms with Gasteiger partial charge in [0.1, 0.15) is 36.7 Å². The Kier molecular flexibility index (Phi) is 68.1. The molecule has 31 nitrogen and oxygen atoms in total. The van der Waals surface area contributed by atoms with Gasteiger partial charge in [0.25, 0.3) is 5.91 Å². The van der Waals surface area contributed by atoms with Gasteiger partial charge >= 0.3 is 53.3 Å². The van der Waals surface area contributed by atoms with E-state index >= 15 is 9.59 Å².